The molecule has 1 unspecified atom stereocenters. The molecule has 0 aromatic heterocycles. The molecule has 1 aromatic carbocycles. The van der Waals surface area contributed by atoms with Gasteiger partial charge < -0.3 is 9.80 Å². The third-order valence-electron chi connectivity index (χ3n) is 3.66. The van der Waals surface area contributed by atoms with Gasteiger partial charge in [-0.25, -0.2) is 0 Å². The maximum absolute atomic E-state index is 6.01. The second kappa shape index (κ2) is 5.74. The van der Waals surface area contributed by atoms with Crippen molar-refractivity contribution in [2.45, 2.75) is 24.8 Å². The largest absolute Gasteiger partial charge is 0.370 e. The lowest BCUT2D eigenvalue weighted by Gasteiger charge is -2.37. The van der Waals surface area contributed by atoms with E-state index >= 15 is 0 Å². The van der Waals surface area contributed by atoms with Crippen LogP contribution in [0.3, 0.4) is 0 Å². The lowest BCUT2D eigenvalue weighted by molar-refractivity contribution is 0.248. The number of alkyl halides is 1. The van der Waals surface area contributed by atoms with Gasteiger partial charge >= 0.3 is 0 Å². The van der Waals surface area contributed by atoms with Gasteiger partial charge in [0.1, 0.15) is 0 Å². The van der Waals surface area contributed by atoms with E-state index in [-0.39, 0.29) is 0 Å². The average Bonchev–Trinajstić information content (AvgIpc) is 2.38. The molecule has 1 aliphatic heterocycles. The van der Waals surface area contributed by atoms with Crippen LogP contribution in [0.15, 0.2) is 24.3 Å². The standard InChI is InChI=1S/C14H21ClN2/c1-16-9-5-7-13(11-16)17(2)14-8-4-3-6-12(14)10-15/h3-4,6,8,13H,5,7,9-11H2,1-2H3. The molecule has 3 heteroatoms. The molecule has 0 bridgehead atoms. The molecule has 0 N–H and O–H groups in total. The summed E-state index contributed by atoms with van der Waals surface area (Å²) < 4.78 is 0. The van der Waals surface area contributed by atoms with Crippen LogP contribution in [0.2, 0.25) is 0 Å². The topological polar surface area (TPSA) is 6.48 Å². The summed E-state index contributed by atoms with van der Waals surface area (Å²) in [7, 11) is 4.39. The number of benzene rings is 1. The van der Waals surface area contributed by atoms with Crippen LogP contribution in [0.1, 0.15) is 18.4 Å². The summed E-state index contributed by atoms with van der Waals surface area (Å²) in [6, 6.07) is 9.05. The van der Waals surface area contributed by atoms with E-state index in [1.165, 1.54) is 30.6 Å². The molecule has 0 radical (unpaired) electrons. The molecule has 1 aliphatic rings. The van der Waals surface area contributed by atoms with Crippen LogP contribution in [0.4, 0.5) is 5.69 Å². The zero-order valence-electron chi connectivity index (χ0n) is 10.7. The molecule has 1 heterocycles. The molecule has 94 valence electrons. The molecule has 1 fully saturated rings. The number of rotatable bonds is 3. The molecule has 1 aromatic rings. The van der Waals surface area contributed by atoms with Gasteiger partial charge in [-0.2, -0.15) is 0 Å². The molecule has 0 spiro atoms. The maximum Gasteiger partial charge on any atom is 0.0494 e. The van der Waals surface area contributed by atoms with Crippen molar-refractivity contribution in [3.63, 3.8) is 0 Å². The van der Waals surface area contributed by atoms with Crippen LogP contribution < -0.4 is 4.90 Å². The smallest absolute Gasteiger partial charge is 0.0494 e. The van der Waals surface area contributed by atoms with Crippen molar-refractivity contribution in [3.8, 4) is 0 Å². The minimum absolute atomic E-state index is 0.586. The number of halogens is 1. The molecular weight excluding hydrogens is 232 g/mol. The third-order valence-corrected chi connectivity index (χ3v) is 3.95. The van der Waals surface area contributed by atoms with Crippen LogP contribution in [-0.4, -0.2) is 38.1 Å². The first-order valence-corrected chi connectivity index (χ1v) is 6.81. The van der Waals surface area contributed by atoms with Crippen molar-refractivity contribution in [1.82, 2.24) is 4.90 Å². The van der Waals surface area contributed by atoms with E-state index in [0.717, 1.165) is 6.54 Å². The number of hydrogen-bond acceptors (Lipinski definition) is 2. The van der Waals surface area contributed by atoms with E-state index in [9.17, 15) is 0 Å². The van der Waals surface area contributed by atoms with Gasteiger partial charge in [-0.1, -0.05) is 18.2 Å². The van der Waals surface area contributed by atoms with Crippen LogP contribution in [0.5, 0.6) is 0 Å². The monoisotopic (exact) mass is 252 g/mol. The van der Waals surface area contributed by atoms with Crippen LogP contribution >= 0.6 is 11.6 Å². The van der Waals surface area contributed by atoms with Crippen molar-refractivity contribution >= 4 is 17.3 Å². The Balaban J connectivity index is 2.15. The van der Waals surface area contributed by atoms with Crippen LogP contribution in [-0.2, 0) is 5.88 Å². The van der Waals surface area contributed by atoms with Crippen molar-refractivity contribution in [2.24, 2.45) is 0 Å². The van der Waals surface area contributed by atoms with Gasteiger partial charge in [-0.15, -0.1) is 11.6 Å². The summed E-state index contributed by atoms with van der Waals surface area (Å²) in [5.74, 6) is 0.586. The zero-order valence-corrected chi connectivity index (χ0v) is 11.5. The number of piperidine rings is 1. The van der Waals surface area contributed by atoms with Crippen molar-refractivity contribution < 1.29 is 0 Å². The minimum atomic E-state index is 0.586. The molecular formula is C14H21ClN2. The highest BCUT2D eigenvalue weighted by molar-refractivity contribution is 6.17. The number of hydrogen-bond donors (Lipinski definition) is 0. The van der Waals surface area contributed by atoms with E-state index in [4.69, 9.17) is 11.6 Å². The number of anilines is 1. The van der Waals surface area contributed by atoms with E-state index < -0.39 is 0 Å². The van der Waals surface area contributed by atoms with Gasteiger partial charge in [0.2, 0.25) is 0 Å². The predicted octanol–water partition coefficient (Wildman–Crippen LogP) is 2.96. The fourth-order valence-electron chi connectivity index (χ4n) is 2.62. The molecule has 0 aliphatic carbocycles. The minimum Gasteiger partial charge on any atom is -0.370 e. The van der Waals surface area contributed by atoms with Crippen molar-refractivity contribution in [3.05, 3.63) is 29.8 Å². The summed E-state index contributed by atoms with van der Waals surface area (Å²) in [5.41, 5.74) is 2.51. The summed E-state index contributed by atoms with van der Waals surface area (Å²) in [6.45, 7) is 2.37. The molecule has 0 amide bonds. The second-order valence-electron chi connectivity index (χ2n) is 4.93. The zero-order chi connectivity index (χ0) is 12.3. The highest BCUT2D eigenvalue weighted by Crippen LogP contribution is 2.25. The Hall–Kier alpha value is -0.730. The summed E-state index contributed by atoms with van der Waals surface area (Å²) in [5, 5.41) is 0. The second-order valence-corrected chi connectivity index (χ2v) is 5.20. The fraction of sp³-hybridized carbons (Fsp3) is 0.571. The van der Waals surface area contributed by atoms with Gasteiger partial charge in [-0.05, 0) is 38.1 Å². The Kier molecular flexibility index (Phi) is 4.30. The van der Waals surface area contributed by atoms with Gasteiger partial charge in [-0.3, -0.25) is 0 Å². The molecule has 0 saturated carbocycles. The first-order chi connectivity index (χ1) is 8.22. The number of likely N-dealkylation sites (N-methyl/N-ethyl adjacent to an activating group) is 2. The summed E-state index contributed by atoms with van der Waals surface area (Å²) >= 11 is 6.01. The lowest BCUT2D eigenvalue weighted by atomic mass is 10.0. The highest BCUT2D eigenvalue weighted by atomic mass is 35.5. The molecule has 17 heavy (non-hydrogen) atoms. The maximum atomic E-state index is 6.01. The van der Waals surface area contributed by atoms with E-state index in [1.807, 2.05) is 0 Å². The third kappa shape index (κ3) is 2.93. The first kappa shape index (κ1) is 12.7. The van der Waals surface area contributed by atoms with Crippen molar-refractivity contribution in [1.29, 1.82) is 0 Å². The normalized spacial score (nSPS) is 21.5. The number of para-hydroxylation sites is 1. The fourth-order valence-corrected chi connectivity index (χ4v) is 2.85. The Bertz CT molecular complexity index is 367. The number of nitrogens with zero attached hydrogens (tertiary/aromatic N) is 2. The highest BCUT2D eigenvalue weighted by Gasteiger charge is 2.22. The Morgan fingerprint density at radius 1 is 1.41 bits per heavy atom. The Morgan fingerprint density at radius 3 is 2.88 bits per heavy atom. The first-order valence-electron chi connectivity index (χ1n) is 6.27. The van der Waals surface area contributed by atoms with Crippen LogP contribution in [0.25, 0.3) is 0 Å². The predicted molar refractivity (Wildman–Crippen MR) is 74.9 cm³/mol. The van der Waals surface area contributed by atoms with E-state index in [1.54, 1.807) is 0 Å². The Morgan fingerprint density at radius 2 is 2.18 bits per heavy atom. The van der Waals surface area contributed by atoms with Gasteiger partial charge in [0.25, 0.3) is 0 Å². The van der Waals surface area contributed by atoms with Gasteiger partial charge in [0, 0.05) is 31.2 Å². The average molecular weight is 253 g/mol. The Labute approximate surface area is 109 Å². The number of likely N-dealkylation sites (tertiary alicyclic amines) is 1. The SMILES string of the molecule is CN1CCCC(N(C)c2ccccc2CCl)C1. The summed E-state index contributed by atoms with van der Waals surface area (Å²) in [6.07, 6.45) is 2.56. The van der Waals surface area contributed by atoms with Crippen molar-refractivity contribution in [2.75, 3.05) is 32.1 Å². The van der Waals surface area contributed by atoms with E-state index in [0.29, 0.717) is 11.9 Å². The van der Waals surface area contributed by atoms with Gasteiger partial charge in [0.05, 0.1) is 0 Å². The van der Waals surface area contributed by atoms with E-state index in [2.05, 4.69) is 48.2 Å². The molecule has 2 nitrogen and oxygen atoms in total. The summed E-state index contributed by atoms with van der Waals surface area (Å²) in [4.78, 5) is 4.81. The molecule has 1 saturated heterocycles. The molecule has 2 rings (SSSR count). The molecule has 1 atom stereocenters. The van der Waals surface area contributed by atoms with Crippen LogP contribution in [0, 0.1) is 0 Å². The quantitative estimate of drug-likeness (QED) is 0.764. The van der Waals surface area contributed by atoms with Gasteiger partial charge in [0.15, 0.2) is 0 Å². The lowest BCUT2D eigenvalue weighted by Crippen LogP contribution is -2.45.